The van der Waals surface area contributed by atoms with Crippen molar-refractivity contribution in [3.05, 3.63) is 29.3 Å². The predicted molar refractivity (Wildman–Crippen MR) is 121 cm³/mol. The minimum Gasteiger partial charge on any atom is -0.489 e. The highest BCUT2D eigenvalue weighted by molar-refractivity contribution is 5.76. The summed E-state index contributed by atoms with van der Waals surface area (Å²) in [6.07, 6.45) is 8.78. The molecule has 1 N–H and O–H groups in total. The van der Waals surface area contributed by atoms with Gasteiger partial charge in [0.25, 0.3) is 0 Å². The molecule has 30 heavy (non-hydrogen) atoms. The Morgan fingerprint density at radius 1 is 1.17 bits per heavy atom. The van der Waals surface area contributed by atoms with Gasteiger partial charge in [0.2, 0.25) is 5.91 Å². The lowest BCUT2D eigenvalue weighted by Gasteiger charge is -2.36. The average molecular weight is 414 g/mol. The van der Waals surface area contributed by atoms with E-state index in [0.717, 1.165) is 38.0 Å². The van der Waals surface area contributed by atoms with Crippen molar-refractivity contribution >= 4 is 5.91 Å². The van der Waals surface area contributed by atoms with Gasteiger partial charge in [-0.05, 0) is 64.6 Å². The van der Waals surface area contributed by atoms with Gasteiger partial charge in [0, 0.05) is 44.2 Å². The van der Waals surface area contributed by atoms with Gasteiger partial charge in [-0.3, -0.25) is 9.69 Å². The molecule has 1 atom stereocenters. The monoisotopic (exact) mass is 413 g/mol. The third-order valence-corrected chi connectivity index (χ3v) is 7.19. The van der Waals surface area contributed by atoms with Crippen molar-refractivity contribution in [2.75, 3.05) is 32.7 Å². The second kappa shape index (κ2) is 10.1. The lowest BCUT2D eigenvalue weighted by Crippen LogP contribution is -2.43. The van der Waals surface area contributed by atoms with Crippen LogP contribution in [-0.2, 0) is 11.3 Å². The van der Waals surface area contributed by atoms with Crippen molar-refractivity contribution in [2.24, 2.45) is 5.92 Å². The van der Waals surface area contributed by atoms with Gasteiger partial charge < -0.3 is 15.0 Å². The maximum absolute atomic E-state index is 12.5. The van der Waals surface area contributed by atoms with Crippen molar-refractivity contribution in [3.8, 4) is 5.75 Å². The maximum Gasteiger partial charge on any atom is 0.221 e. The lowest BCUT2D eigenvalue weighted by atomic mass is 9.95. The first-order chi connectivity index (χ1) is 14.6. The number of benzene rings is 1. The van der Waals surface area contributed by atoms with Crippen molar-refractivity contribution in [2.45, 2.75) is 77.5 Å². The van der Waals surface area contributed by atoms with E-state index in [4.69, 9.17) is 4.74 Å². The van der Waals surface area contributed by atoms with E-state index in [2.05, 4.69) is 47.2 Å². The van der Waals surface area contributed by atoms with Crippen LogP contribution in [0.15, 0.2) is 18.2 Å². The summed E-state index contributed by atoms with van der Waals surface area (Å²) in [5.74, 6) is 1.83. The Balaban J connectivity index is 1.18. The molecular formula is C25H39N3O2. The molecule has 2 heterocycles. The Labute approximate surface area is 182 Å². The van der Waals surface area contributed by atoms with E-state index in [-0.39, 0.29) is 12.0 Å². The summed E-state index contributed by atoms with van der Waals surface area (Å²) < 4.78 is 6.07. The van der Waals surface area contributed by atoms with Crippen LogP contribution in [0.2, 0.25) is 0 Å². The Hall–Kier alpha value is -1.59. The van der Waals surface area contributed by atoms with Crippen LogP contribution < -0.4 is 10.1 Å². The number of fused-ring (bicyclic) bond motifs is 1. The molecule has 166 valence electrons. The minimum atomic E-state index is 0.141. The second-order valence-electron chi connectivity index (χ2n) is 9.75. The van der Waals surface area contributed by atoms with Gasteiger partial charge in [0.05, 0.1) is 0 Å². The summed E-state index contributed by atoms with van der Waals surface area (Å²) in [5, 5.41) is 3.22. The van der Waals surface area contributed by atoms with E-state index < -0.39 is 0 Å². The highest BCUT2D eigenvalue weighted by Crippen LogP contribution is 2.28. The largest absolute Gasteiger partial charge is 0.489 e. The van der Waals surface area contributed by atoms with Crippen LogP contribution in [0.4, 0.5) is 0 Å². The van der Waals surface area contributed by atoms with Crippen molar-refractivity contribution in [3.63, 3.8) is 0 Å². The average Bonchev–Trinajstić information content (AvgIpc) is 3.22. The van der Waals surface area contributed by atoms with Gasteiger partial charge >= 0.3 is 0 Å². The lowest BCUT2D eigenvalue weighted by molar-refractivity contribution is -0.121. The molecule has 5 heteroatoms. The SMILES string of the molecule is Cc1ccc2c(c1)CN(CCC(=O)NCC1CCN(C3CCCC3)CC1)C[C@@H](C)O2. The molecule has 1 saturated heterocycles. The van der Waals surface area contributed by atoms with E-state index in [1.165, 1.54) is 62.7 Å². The second-order valence-corrected chi connectivity index (χ2v) is 9.75. The number of ether oxygens (including phenoxy) is 1. The van der Waals surface area contributed by atoms with Crippen LogP contribution in [0.3, 0.4) is 0 Å². The molecule has 1 amide bonds. The summed E-state index contributed by atoms with van der Waals surface area (Å²) >= 11 is 0. The molecule has 0 bridgehead atoms. The fraction of sp³-hybridized carbons (Fsp3) is 0.720. The zero-order valence-electron chi connectivity index (χ0n) is 18.9. The van der Waals surface area contributed by atoms with Crippen molar-refractivity contribution < 1.29 is 9.53 Å². The number of piperidine rings is 1. The van der Waals surface area contributed by atoms with Gasteiger partial charge in [-0.25, -0.2) is 0 Å². The van der Waals surface area contributed by atoms with E-state index >= 15 is 0 Å². The first-order valence-electron chi connectivity index (χ1n) is 12.1. The Bertz CT molecular complexity index is 708. The first-order valence-corrected chi connectivity index (χ1v) is 12.1. The Morgan fingerprint density at radius 2 is 1.93 bits per heavy atom. The summed E-state index contributed by atoms with van der Waals surface area (Å²) in [4.78, 5) is 17.5. The van der Waals surface area contributed by atoms with E-state index in [9.17, 15) is 4.79 Å². The normalized spacial score (nSPS) is 24.3. The zero-order chi connectivity index (χ0) is 20.9. The molecule has 4 rings (SSSR count). The van der Waals surface area contributed by atoms with Gasteiger partial charge in [-0.2, -0.15) is 0 Å². The van der Waals surface area contributed by atoms with E-state index in [1.807, 2.05) is 0 Å². The van der Waals surface area contributed by atoms with Crippen LogP contribution in [0.25, 0.3) is 0 Å². The third-order valence-electron chi connectivity index (χ3n) is 7.19. The number of hydrogen-bond donors (Lipinski definition) is 1. The highest BCUT2D eigenvalue weighted by Gasteiger charge is 2.27. The number of carbonyl (C=O) groups excluding carboxylic acids is 1. The molecule has 2 fully saturated rings. The number of rotatable bonds is 6. The molecule has 1 aromatic rings. The standard InChI is InChI=1S/C25H39N3O2/c1-19-7-8-24-22(15-19)18-27(17-20(2)30-24)12-11-25(29)26-16-21-9-13-28(14-10-21)23-5-3-4-6-23/h7-8,15,20-21,23H,3-6,9-14,16-18H2,1-2H3,(H,26,29)/t20-/m1/s1. The van der Waals surface area contributed by atoms with E-state index in [1.54, 1.807) is 0 Å². The molecule has 3 aliphatic rings. The third kappa shape index (κ3) is 5.76. The van der Waals surface area contributed by atoms with Crippen molar-refractivity contribution in [1.82, 2.24) is 15.1 Å². The highest BCUT2D eigenvalue weighted by atomic mass is 16.5. The van der Waals surface area contributed by atoms with Crippen molar-refractivity contribution in [1.29, 1.82) is 0 Å². The Morgan fingerprint density at radius 3 is 2.70 bits per heavy atom. The number of hydrogen-bond acceptors (Lipinski definition) is 4. The number of aryl methyl sites for hydroxylation is 1. The predicted octanol–water partition coefficient (Wildman–Crippen LogP) is 3.74. The molecule has 5 nitrogen and oxygen atoms in total. The molecule has 1 aliphatic carbocycles. The number of likely N-dealkylation sites (tertiary alicyclic amines) is 1. The van der Waals surface area contributed by atoms with Gasteiger partial charge in [-0.1, -0.05) is 30.5 Å². The molecular weight excluding hydrogens is 374 g/mol. The molecule has 0 unspecified atom stereocenters. The van der Waals surface area contributed by atoms with Crippen LogP contribution in [0.1, 0.15) is 63.0 Å². The van der Waals surface area contributed by atoms with Crippen LogP contribution >= 0.6 is 0 Å². The quantitative estimate of drug-likeness (QED) is 0.772. The fourth-order valence-corrected chi connectivity index (χ4v) is 5.44. The number of nitrogens with zero attached hydrogens (tertiary/aromatic N) is 2. The van der Waals surface area contributed by atoms with Crippen LogP contribution in [0, 0.1) is 12.8 Å². The molecule has 2 aliphatic heterocycles. The first kappa shape index (κ1) is 21.6. The Kier molecular flexibility index (Phi) is 7.32. The molecule has 1 aromatic carbocycles. The minimum absolute atomic E-state index is 0.141. The number of nitrogens with one attached hydrogen (secondary N) is 1. The summed E-state index contributed by atoms with van der Waals surface area (Å²) in [6, 6.07) is 7.23. The van der Waals surface area contributed by atoms with Crippen LogP contribution in [0.5, 0.6) is 5.75 Å². The number of carbonyl (C=O) groups is 1. The zero-order valence-corrected chi connectivity index (χ0v) is 18.9. The topological polar surface area (TPSA) is 44.8 Å². The summed E-state index contributed by atoms with van der Waals surface area (Å²) in [6.45, 7) is 10.0. The molecule has 0 spiro atoms. The smallest absolute Gasteiger partial charge is 0.221 e. The van der Waals surface area contributed by atoms with Gasteiger partial charge in [0.1, 0.15) is 11.9 Å². The van der Waals surface area contributed by atoms with Crippen LogP contribution in [-0.4, -0.2) is 60.6 Å². The molecule has 1 saturated carbocycles. The maximum atomic E-state index is 12.5. The summed E-state index contributed by atoms with van der Waals surface area (Å²) in [7, 11) is 0. The molecule has 0 radical (unpaired) electrons. The molecule has 0 aromatic heterocycles. The fourth-order valence-electron chi connectivity index (χ4n) is 5.44. The summed E-state index contributed by atoms with van der Waals surface area (Å²) in [5.41, 5.74) is 2.48. The van der Waals surface area contributed by atoms with Gasteiger partial charge in [-0.15, -0.1) is 0 Å². The number of amides is 1. The van der Waals surface area contributed by atoms with Gasteiger partial charge in [0.15, 0.2) is 0 Å². The van der Waals surface area contributed by atoms with E-state index in [0.29, 0.717) is 12.3 Å².